The predicted molar refractivity (Wildman–Crippen MR) is 142 cm³/mol. The lowest BCUT2D eigenvalue weighted by Gasteiger charge is -2.13. The van der Waals surface area contributed by atoms with E-state index in [1.807, 2.05) is 50.2 Å². The Labute approximate surface area is 213 Å². The van der Waals surface area contributed by atoms with Crippen LogP contribution < -0.4 is 4.74 Å². The topological polar surface area (TPSA) is 61.6 Å². The summed E-state index contributed by atoms with van der Waals surface area (Å²) >= 11 is 0. The number of benzene rings is 3. The lowest BCUT2D eigenvalue weighted by molar-refractivity contribution is -0.142. The number of nitrogens with zero attached hydrogens (tertiary/aromatic N) is 1. The Kier molecular flexibility index (Phi) is 8.21. The SMILES string of the molecule is CCOC(=O)Cc1ccccc1-c1ccc(-c2onc(C)c2CC(C)Cc2ccc(OC)cc2)cc1. The normalized spacial score (nSPS) is 11.8. The number of ether oxygens (including phenoxy) is 2. The molecule has 0 saturated heterocycles. The lowest BCUT2D eigenvalue weighted by Crippen LogP contribution is -2.08. The first-order valence-electron chi connectivity index (χ1n) is 12.4. The van der Waals surface area contributed by atoms with Gasteiger partial charge in [0.15, 0.2) is 5.76 Å². The van der Waals surface area contributed by atoms with Gasteiger partial charge in [-0.3, -0.25) is 4.79 Å². The second-order valence-electron chi connectivity index (χ2n) is 9.15. The number of aromatic nitrogens is 1. The van der Waals surface area contributed by atoms with Gasteiger partial charge < -0.3 is 14.0 Å². The van der Waals surface area contributed by atoms with E-state index in [4.69, 9.17) is 14.0 Å². The molecule has 0 radical (unpaired) electrons. The Bertz CT molecular complexity index is 1290. The van der Waals surface area contributed by atoms with Crippen molar-refractivity contribution >= 4 is 5.97 Å². The van der Waals surface area contributed by atoms with Gasteiger partial charge in [-0.25, -0.2) is 0 Å². The molecule has 5 heteroatoms. The van der Waals surface area contributed by atoms with E-state index < -0.39 is 0 Å². The third-order valence-electron chi connectivity index (χ3n) is 6.40. The number of carbonyl (C=O) groups excluding carboxylic acids is 1. The molecule has 4 rings (SSSR count). The minimum atomic E-state index is -0.216. The average Bonchev–Trinajstić information content (AvgIpc) is 3.24. The Morgan fingerprint density at radius 2 is 1.64 bits per heavy atom. The maximum Gasteiger partial charge on any atom is 0.310 e. The molecule has 4 aromatic rings. The third-order valence-corrected chi connectivity index (χ3v) is 6.40. The van der Waals surface area contributed by atoms with E-state index in [1.54, 1.807) is 7.11 Å². The van der Waals surface area contributed by atoms with Crippen molar-refractivity contribution in [2.45, 2.75) is 40.0 Å². The number of esters is 1. The van der Waals surface area contributed by atoms with Crippen LogP contribution in [0.5, 0.6) is 5.75 Å². The molecular formula is C31H33NO4. The molecule has 0 saturated carbocycles. The lowest BCUT2D eigenvalue weighted by atomic mass is 9.91. The number of aryl methyl sites for hydroxylation is 1. The number of carbonyl (C=O) groups is 1. The van der Waals surface area contributed by atoms with Crippen molar-refractivity contribution in [3.63, 3.8) is 0 Å². The Balaban J connectivity index is 1.51. The number of rotatable bonds is 10. The fourth-order valence-electron chi connectivity index (χ4n) is 4.57. The molecule has 0 aliphatic carbocycles. The Morgan fingerprint density at radius 3 is 2.33 bits per heavy atom. The summed E-state index contributed by atoms with van der Waals surface area (Å²) < 4.78 is 16.2. The highest BCUT2D eigenvalue weighted by atomic mass is 16.5. The van der Waals surface area contributed by atoms with Crippen molar-refractivity contribution in [3.05, 3.63) is 95.2 Å². The predicted octanol–water partition coefficient (Wildman–Crippen LogP) is 6.85. The number of hydrogen-bond acceptors (Lipinski definition) is 5. The van der Waals surface area contributed by atoms with E-state index in [0.717, 1.165) is 57.9 Å². The van der Waals surface area contributed by atoms with Crippen LogP contribution in [0.4, 0.5) is 0 Å². The van der Waals surface area contributed by atoms with Crippen molar-refractivity contribution in [3.8, 4) is 28.2 Å². The molecule has 1 aromatic heterocycles. The highest BCUT2D eigenvalue weighted by Crippen LogP contribution is 2.32. The molecule has 0 spiro atoms. The van der Waals surface area contributed by atoms with E-state index in [-0.39, 0.29) is 12.4 Å². The first kappa shape index (κ1) is 25.2. The quantitative estimate of drug-likeness (QED) is 0.231. The van der Waals surface area contributed by atoms with Crippen LogP contribution in [0.15, 0.2) is 77.3 Å². The zero-order chi connectivity index (χ0) is 25.5. The van der Waals surface area contributed by atoms with Crippen LogP contribution in [0.1, 0.15) is 36.2 Å². The summed E-state index contributed by atoms with van der Waals surface area (Å²) in [6.45, 7) is 6.46. The Hall–Kier alpha value is -3.86. The summed E-state index contributed by atoms with van der Waals surface area (Å²) in [6.07, 6.45) is 2.09. The molecule has 1 unspecified atom stereocenters. The molecule has 36 heavy (non-hydrogen) atoms. The van der Waals surface area contributed by atoms with Crippen LogP contribution in [-0.2, 0) is 28.8 Å². The largest absolute Gasteiger partial charge is 0.497 e. The van der Waals surface area contributed by atoms with E-state index in [1.165, 1.54) is 5.56 Å². The third kappa shape index (κ3) is 6.03. The van der Waals surface area contributed by atoms with Gasteiger partial charge in [-0.05, 0) is 67.0 Å². The monoisotopic (exact) mass is 483 g/mol. The van der Waals surface area contributed by atoms with Crippen LogP contribution in [-0.4, -0.2) is 24.8 Å². The maximum absolute atomic E-state index is 12.1. The summed E-state index contributed by atoms with van der Waals surface area (Å²) in [5.74, 6) is 1.90. The van der Waals surface area contributed by atoms with Gasteiger partial charge in [0.2, 0.25) is 0 Å². The average molecular weight is 484 g/mol. The van der Waals surface area contributed by atoms with Crippen molar-refractivity contribution in [1.29, 1.82) is 0 Å². The van der Waals surface area contributed by atoms with Crippen LogP contribution in [0.2, 0.25) is 0 Å². The summed E-state index contributed by atoms with van der Waals surface area (Å²) in [5.41, 5.74) is 7.37. The van der Waals surface area contributed by atoms with Crippen LogP contribution in [0, 0.1) is 12.8 Å². The zero-order valence-corrected chi connectivity index (χ0v) is 21.4. The molecule has 0 amide bonds. The summed E-state index contributed by atoms with van der Waals surface area (Å²) in [5, 5.41) is 4.28. The van der Waals surface area contributed by atoms with Crippen molar-refractivity contribution in [2.75, 3.05) is 13.7 Å². The molecule has 186 valence electrons. The highest BCUT2D eigenvalue weighted by Gasteiger charge is 2.18. The molecule has 5 nitrogen and oxygen atoms in total. The second kappa shape index (κ2) is 11.7. The summed E-state index contributed by atoms with van der Waals surface area (Å²) in [6, 6.07) is 24.5. The fourth-order valence-corrected chi connectivity index (χ4v) is 4.57. The summed E-state index contributed by atoms with van der Waals surface area (Å²) in [4.78, 5) is 12.1. The van der Waals surface area contributed by atoms with Gasteiger partial charge in [0.25, 0.3) is 0 Å². The minimum absolute atomic E-state index is 0.216. The van der Waals surface area contributed by atoms with E-state index >= 15 is 0 Å². The number of methoxy groups -OCH3 is 1. The van der Waals surface area contributed by atoms with Gasteiger partial charge in [0, 0.05) is 11.1 Å². The van der Waals surface area contributed by atoms with Gasteiger partial charge in [-0.2, -0.15) is 0 Å². The fraction of sp³-hybridized carbons (Fsp3) is 0.290. The first-order valence-corrected chi connectivity index (χ1v) is 12.4. The van der Waals surface area contributed by atoms with Gasteiger partial charge in [0.05, 0.1) is 25.8 Å². The standard InChI is InChI=1S/C31H33NO4/c1-5-35-30(33)20-26-8-6-7-9-28(26)24-12-14-25(15-13-24)31-29(22(3)32-36-31)19-21(2)18-23-10-16-27(34-4)17-11-23/h6-17,21H,5,18-20H2,1-4H3. The van der Waals surface area contributed by atoms with Crippen LogP contribution >= 0.6 is 0 Å². The molecule has 0 N–H and O–H groups in total. The van der Waals surface area contributed by atoms with Gasteiger partial charge >= 0.3 is 5.97 Å². The van der Waals surface area contributed by atoms with Crippen molar-refractivity contribution in [2.24, 2.45) is 5.92 Å². The highest BCUT2D eigenvalue weighted by molar-refractivity contribution is 5.78. The molecule has 0 aliphatic rings. The van der Waals surface area contributed by atoms with Crippen LogP contribution in [0.3, 0.4) is 0 Å². The van der Waals surface area contributed by atoms with Gasteiger partial charge in [-0.15, -0.1) is 0 Å². The molecule has 1 atom stereocenters. The van der Waals surface area contributed by atoms with Crippen molar-refractivity contribution < 1.29 is 18.8 Å². The molecule has 3 aromatic carbocycles. The van der Waals surface area contributed by atoms with E-state index in [9.17, 15) is 4.79 Å². The second-order valence-corrected chi connectivity index (χ2v) is 9.15. The van der Waals surface area contributed by atoms with Gasteiger partial charge in [0.1, 0.15) is 5.75 Å². The zero-order valence-electron chi connectivity index (χ0n) is 21.4. The Morgan fingerprint density at radius 1 is 0.944 bits per heavy atom. The molecule has 0 fully saturated rings. The van der Waals surface area contributed by atoms with Gasteiger partial charge in [-0.1, -0.05) is 72.7 Å². The maximum atomic E-state index is 12.1. The number of hydrogen-bond donors (Lipinski definition) is 0. The molecular weight excluding hydrogens is 450 g/mol. The minimum Gasteiger partial charge on any atom is -0.497 e. The summed E-state index contributed by atoms with van der Waals surface area (Å²) in [7, 11) is 1.68. The molecule has 1 heterocycles. The van der Waals surface area contributed by atoms with E-state index in [2.05, 4.69) is 48.5 Å². The smallest absolute Gasteiger partial charge is 0.310 e. The van der Waals surface area contributed by atoms with E-state index in [0.29, 0.717) is 12.5 Å². The van der Waals surface area contributed by atoms with Crippen LogP contribution in [0.25, 0.3) is 22.5 Å². The molecule has 0 aliphatic heterocycles. The van der Waals surface area contributed by atoms with Crippen molar-refractivity contribution in [1.82, 2.24) is 5.16 Å². The molecule has 0 bridgehead atoms. The first-order chi connectivity index (χ1) is 17.5.